The fourth-order valence-electron chi connectivity index (χ4n) is 1.69. The van der Waals surface area contributed by atoms with E-state index in [1.165, 1.54) is 12.1 Å². The zero-order valence-corrected chi connectivity index (χ0v) is 14.4. The molecule has 0 unspecified atom stereocenters. The summed E-state index contributed by atoms with van der Waals surface area (Å²) in [4.78, 5) is 22.1. The molecule has 0 spiro atoms. The molecule has 114 valence electrons. The molecule has 0 bridgehead atoms. The summed E-state index contributed by atoms with van der Waals surface area (Å²) in [5, 5.41) is 11.0. The number of halogens is 2. The zero-order chi connectivity index (χ0) is 16.3. The van der Waals surface area contributed by atoms with E-state index in [4.69, 9.17) is 4.74 Å². The number of hydrogen-bond acceptors (Lipinski definition) is 5. The summed E-state index contributed by atoms with van der Waals surface area (Å²) >= 11 is 6.54. The Hall–Kier alpha value is -1.93. The number of nitrogens with zero attached hydrogens (tertiary/aromatic N) is 1. The van der Waals surface area contributed by atoms with Gasteiger partial charge in [0.1, 0.15) is 17.1 Å². The number of carbonyl (C=O) groups is 1. The molecule has 0 heterocycles. The van der Waals surface area contributed by atoms with E-state index in [0.29, 0.717) is 14.7 Å². The highest BCUT2D eigenvalue weighted by molar-refractivity contribution is 9.11. The van der Waals surface area contributed by atoms with Gasteiger partial charge in [-0.25, -0.2) is 4.79 Å². The van der Waals surface area contributed by atoms with Crippen LogP contribution in [0.4, 0.5) is 5.69 Å². The molecule has 6 nitrogen and oxygen atoms in total. The summed E-state index contributed by atoms with van der Waals surface area (Å²) in [5.41, 5.74) is -0.545. The Morgan fingerprint density at radius 3 is 2.41 bits per heavy atom. The third kappa shape index (κ3) is 3.45. The Balaban J connectivity index is 2.51. The minimum Gasteiger partial charge on any atom is -0.465 e. The minimum atomic E-state index is -0.809. The lowest BCUT2D eigenvalue weighted by atomic mass is 10.1. The molecule has 22 heavy (non-hydrogen) atoms. The highest BCUT2D eigenvalue weighted by Gasteiger charge is 2.24. The number of esters is 1. The molecule has 0 saturated heterocycles. The van der Waals surface area contributed by atoms with Crippen LogP contribution in [0.15, 0.2) is 45.3 Å². The van der Waals surface area contributed by atoms with Gasteiger partial charge in [0.05, 0.1) is 21.0 Å². The van der Waals surface area contributed by atoms with Gasteiger partial charge in [-0.3, -0.25) is 10.1 Å². The van der Waals surface area contributed by atoms with Crippen LogP contribution in [-0.4, -0.2) is 18.0 Å². The largest absolute Gasteiger partial charge is 0.465 e. The Morgan fingerprint density at radius 1 is 1.14 bits per heavy atom. The summed E-state index contributed by atoms with van der Waals surface area (Å²) in [6.07, 6.45) is 0. The van der Waals surface area contributed by atoms with Crippen LogP contribution in [0, 0.1) is 10.1 Å². The molecule has 0 amide bonds. The van der Waals surface area contributed by atoms with Crippen LogP contribution in [0.25, 0.3) is 0 Å². The van der Waals surface area contributed by atoms with E-state index in [1.54, 1.807) is 18.2 Å². The monoisotopic (exact) mass is 429 g/mol. The summed E-state index contributed by atoms with van der Waals surface area (Å²) in [6.45, 7) is 0. The summed E-state index contributed by atoms with van der Waals surface area (Å²) in [5.74, 6) is -0.0399. The van der Waals surface area contributed by atoms with Gasteiger partial charge in [-0.15, -0.1) is 0 Å². The van der Waals surface area contributed by atoms with E-state index < -0.39 is 10.9 Å². The number of nitro groups is 1. The third-order valence-corrected chi connectivity index (χ3v) is 3.98. The molecule has 0 aromatic heterocycles. The van der Waals surface area contributed by atoms with Crippen molar-refractivity contribution >= 4 is 43.5 Å². The molecule has 0 radical (unpaired) electrons. The van der Waals surface area contributed by atoms with Crippen molar-refractivity contribution in [1.82, 2.24) is 0 Å². The van der Waals surface area contributed by atoms with Crippen molar-refractivity contribution in [3.8, 4) is 11.5 Å². The van der Waals surface area contributed by atoms with Crippen LogP contribution < -0.4 is 4.74 Å². The molecule has 0 aliphatic rings. The van der Waals surface area contributed by atoms with Gasteiger partial charge in [0.25, 0.3) is 5.69 Å². The normalized spacial score (nSPS) is 10.1. The van der Waals surface area contributed by atoms with Crippen molar-refractivity contribution in [3.63, 3.8) is 0 Å². The Bertz CT molecular complexity index is 748. The first-order chi connectivity index (χ1) is 10.4. The van der Waals surface area contributed by atoms with E-state index in [1.807, 2.05) is 6.07 Å². The lowest BCUT2D eigenvalue weighted by Gasteiger charge is -2.11. The standard InChI is InChI=1S/C14H9Br2NO5/c1-21-14(18)8-6-13(10(16)7-11(8)17(19)20)22-12-5-3-2-4-9(12)15/h2-7H,1H3. The van der Waals surface area contributed by atoms with E-state index >= 15 is 0 Å². The minimum absolute atomic E-state index is 0.183. The SMILES string of the molecule is COC(=O)c1cc(Oc2ccccc2Br)c(Br)cc1[N+](=O)[O-]. The molecule has 0 aliphatic heterocycles. The maximum Gasteiger partial charge on any atom is 0.345 e. The number of benzene rings is 2. The quantitative estimate of drug-likeness (QED) is 0.399. The summed E-state index contributed by atoms with van der Waals surface area (Å²) < 4.78 is 11.3. The number of ether oxygens (including phenoxy) is 2. The first kappa shape index (κ1) is 16.4. The number of carbonyl (C=O) groups excluding carboxylic acids is 1. The van der Waals surface area contributed by atoms with E-state index in [2.05, 4.69) is 36.6 Å². The van der Waals surface area contributed by atoms with Crippen LogP contribution in [0.1, 0.15) is 10.4 Å². The van der Waals surface area contributed by atoms with Gasteiger partial charge in [0.15, 0.2) is 0 Å². The smallest absolute Gasteiger partial charge is 0.345 e. The Kier molecular flexibility index (Phi) is 5.15. The van der Waals surface area contributed by atoms with Crippen LogP contribution in [0.3, 0.4) is 0 Å². The van der Waals surface area contributed by atoms with Crippen molar-refractivity contribution < 1.29 is 19.2 Å². The second-order valence-electron chi connectivity index (χ2n) is 4.08. The van der Waals surface area contributed by atoms with Crippen LogP contribution >= 0.6 is 31.9 Å². The first-order valence-corrected chi connectivity index (χ1v) is 7.51. The second kappa shape index (κ2) is 6.89. The number of nitro benzene ring substituents is 1. The number of hydrogen-bond donors (Lipinski definition) is 0. The Labute approximate surface area is 142 Å². The lowest BCUT2D eigenvalue weighted by Crippen LogP contribution is -2.06. The van der Waals surface area contributed by atoms with Gasteiger partial charge in [0.2, 0.25) is 0 Å². The fraction of sp³-hybridized carbons (Fsp3) is 0.0714. The van der Waals surface area contributed by atoms with Gasteiger partial charge < -0.3 is 9.47 Å². The topological polar surface area (TPSA) is 78.7 Å². The van der Waals surface area contributed by atoms with E-state index in [-0.39, 0.29) is 17.0 Å². The third-order valence-electron chi connectivity index (χ3n) is 2.71. The molecule has 2 aromatic rings. The molecule has 0 fully saturated rings. The Morgan fingerprint density at radius 2 is 1.82 bits per heavy atom. The van der Waals surface area contributed by atoms with Crippen LogP contribution in [0.2, 0.25) is 0 Å². The number of para-hydroxylation sites is 1. The van der Waals surface area contributed by atoms with Gasteiger partial charge in [-0.1, -0.05) is 12.1 Å². The van der Waals surface area contributed by atoms with Crippen LogP contribution in [0.5, 0.6) is 11.5 Å². The summed E-state index contributed by atoms with van der Waals surface area (Å²) in [7, 11) is 1.16. The van der Waals surface area contributed by atoms with Crippen molar-refractivity contribution in [2.45, 2.75) is 0 Å². The molecule has 2 aromatic carbocycles. The molecule has 0 saturated carbocycles. The molecule has 0 aliphatic carbocycles. The number of rotatable bonds is 4. The maximum atomic E-state index is 11.7. The molecule has 0 atom stereocenters. The van der Waals surface area contributed by atoms with E-state index in [0.717, 1.165) is 7.11 Å². The summed E-state index contributed by atoms with van der Waals surface area (Å²) in [6, 6.07) is 9.58. The van der Waals surface area contributed by atoms with Crippen LogP contribution in [-0.2, 0) is 4.74 Å². The zero-order valence-electron chi connectivity index (χ0n) is 11.2. The molecule has 8 heteroatoms. The fourth-order valence-corrected chi connectivity index (χ4v) is 2.47. The van der Waals surface area contributed by atoms with Crippen molar-refractivity contribution in [2.75, 3.05) is 7.11 Å². The van der Waals surface area contributed by atoms with Gasteiger partial charge >= 0.3 is 5.97 Å². The predicted molar refractivity (Wildman–Crippen MR) is 86.4 cm³/mol. The van der Waals surface area contributed by atoms with Crippen molar-refractivity contribution in [1.29, 1.82) is 0 Å². The van der Waals surface area contributed by atoms with E-state index in [9.17, 15) is 14.9 Å². The average molecular weight is 431 g/mol. The molecular formula is C14H9Br2NO5. The average Bonchev–Trinajstić information content (AvgIpc) is 2.50. The van der Waals surface area contributed by atoms with Gasteiger partial charge in [0, 0.05) is 12.1 Å². The predicted octanol–water partition coefficient (Wildman–Crippen LogP) is 4.70. The number of methoxy groups -OCH3 is 1. The second-order valence-corrected chi connectivity index (χ2v) is 5.79. The van der Waals surface area contributed by atoms with Gasteiger partial charge in [-0.05, 0) is 44.0 Å². The van der Waals surface area contributed by atoms with Crippen molar-refractivity contribution in [2.24, 2.45) is 0 Å². The molecule has 2 rings (SSSR count). The first-order valence-electron chi connectivity index (χ1n) is 5.92. The van der Waals surface area contributed by atoms with Crippen molar-refractivity contribution in [3.05, 3.63) is 61.0 Å². The highest BCUT2D eigenvalue weighted by Crippen LogP contribution is 2.37. The maximum absolute atomic E-state index is 11.7. The lowest BCUT2D eigenvalue weighted by molar-refractivity contribution is -0.385. The van der Waals surface area contributed by atoms with Gasteiger partial charge in [-0.2, -0.15) is 0 Å². The molecular weight excluding hydrogens is 422 g/mol. The highest BCUT2D eigenvalue weighted by atomic mass is 79.9. The molecule has 0 N–H and O–H groups in total.